The molecule has 0 aliphatic carbocycles. The fourth-order valence-electron chi connectivity index (χ4n) is 4.47. The minimum atomic E-state index is 0.0656. The van der Waals surface area contributed by atoms with Gasteiger partial charge in [0.15, 0.2) is 0 Å². The Balaban J connectivity index is 1.64. The molecule has 142 valence electrons. The molecule has 2 aromatic rings. The third kappa shape index (κ3) is 3.73. The van der Waals surface area contributed by atoms with Gasteiger partial charge in [0.2, 0.25) is 5.91 Å². The van der Waals surface area contributed by atoms with Crippen LogP contribution >= 0.6 is 23.2 Å². The Bertz CT molecular complexity index is 848. The van der Waals surface area contributed by atoms with Gasteiger partial charge < -0.3 is 4.90 Å². The third-order valence-corrected chi connectivity index (χ3v) is 6.57. The zero-order valence-corrected chi connectivity index (χ0v) is 17.0. The molecule has 2 atom stereocenters. The van der Waals surface area contributed by atoms with Crippen LogP contribution in [-0.2, 0) is 17.6 Å². The highest BCUT2D eigenvalue weighted by Crippen LogP contribution is 2.36. The smallest absolute Gasteiger partial charge is 0.228 e. The van der Waals surface area contributed by atoms with Crippen molar-refractivity contribution in [2.75, 3.05) is 13.1 Å². The Labute approximate surface area is 170 Å². The van der Waals surface area contributed by atoms with Crippen molar-refractivity contribution < 1.29 is 4.79 Å². The van der Waals surface area contributed by atoms with E-state index in [1.807, 2.05) is 6.07 Å². The molecule has 0 bridgehead atoms. The Hall–Kier alpha value is -1.55. The number of benzene rings is 2. The van der Waals surface area contributed by atoms with Crippen molar-refractivity contribution in [2.45, 2.75) is 44.8 Å². The molecule has 0 radical (unpaired) electrons. The Morgan fingerprint density at radius 3 is 2.56 bits per heavy atom. The predicted octanol–water partition coefficient (Wildman–Crippen LogP) is 5.10. The summed E-state index contributed by atoms with van der Waals surface area (Å²) in [5.41, 5.74) is 3.52. The first kappa shape index (κ1) is 18.8. The van der Waals surface area contributed by atoms with E-state index in [-0.39, 0.29) is 18.1 Å². The average molecular weight is 403 g/mol. The molecule has 2 heterocycles. The molecule has 1 amide bonds. The van der Waals surface area contributed by atoms with Crippen molar-refractivity contribution in [2.24, 2.45) is 0 Å². The first-order valence-electron chi connectivity index (χ1n) is 9.61. The Morgan fingerprint density at radius 2 is 1.81 bits per heavy atom. The van der Waals surface area contributed by atoms with Crippen LogP contribution in [0.4, 0.5) is 0 Å². The predicted molar refractivity (Wildman–Crippen MR) is 110 cm³/mol. The maximum absolute atomic E-state index is 13.4. The molecule has 0 N–H and O–H groups in total. The molecular weight excluding hydrogens is 379 g/mol. The summed E-state index contributed by atoms with van der Waals surface area (Å²) in [4.78, 5) is 17.9. The molecule has 27 heavy (non-hydrogen) atoms. The number of amides is 1. The minimum Gasteiger partial charge on any atom is -0.320 e. The van der Waals surface area contributed by atoms with Gasteiger partial charge in [-0.3, -0.25) is 9.69 Å². The van der Waals surface area contributed by atoms with Crippen LogP contribution in [0, 0.1) is 0 Å². The molecule has 2 unspecified atom stereocenters. The lowest BCUT2D eigenvalue weighted by Gasteiger charge is -2.46. The monoisotopic (exact) mass is 402 g/mol. The zero-order valence-electron chi connectivity index (χ0n) is 15.5. The van der Waals surface area contributed by atoms with Gasteiger partial charge in [-0.1, -0.05) is 53.5 Å². The lowest BCUT2D eigenvalue weighted by atomic mass is 9.90. The van der Waals surface area contributed by atoms with Gasteiger partial charge in [-0.05, 0) is 48.6 Å². The van der Waals surface area contributed by atoms with E-state index in [2.05, 4.69) is 41.0 Å². The molecule has 1 saturated heterocycles. The maximum Gasteiger partial charge on any atom is 0.228 e. The van der Waals surface area contributed by atoms with Crippen LogP contribution in [0.5, 0.6) is 0 Å². The van der Waals surface area contributed by atoms with E-state index in [4.69, 9.17) is 23.2 Å². The zero-order chi connectivity index (χ0) is 19.0. The van der Waals surface area contributed by atoms with Gasteiger partial charge in [-0.2, -0.15) is 0 Å². The van der Waals surface area contributed by atoms with Crippen LogP contribution in [0.15, 0.2) is 42.5 Å². The standard InChI is InChI=1S/C22H24Cl2N2O/c1-15-18-7-3-2-6-17(18)14-21(25-10-4-5-11-25)26(15)22(27)13-16-8-9-19(23)20(24)12-16/h2-3,6-9,12,15,21H,4-5,10-11,13-14H2,1H3. The average Bonchev–Trinajstić information content (AvgIpc) is 3.19. The van der Waals surface area contributed by atoms with Crippen molar-refractivity contribution in [1.82, 2.24) is 9.80 Å². The second-order valence-electron chi connectivity index (χ2n) is 7.53. The fourth-order valence-corrected chi connectivity index (χ4v) is 4.79. The number of hydrogen-bond donors (Lipinski definition) is 0. The van der Waals surface area contributed by atoms with Crippen LogP contribution < -0.4 is 0 Å². The summed E-state index contributed by atoms with van der Waals surface area (Å²) in [6, 6.07) is 14.0. The van der Waals surface area contributed by atoms with Gasteiger partial charge >= 0.3 is 0 Å². The van der Waals surface area contributed by atoms with Crippen LogP contribution in [0.2, 0.25) is 10.0 Å². The molecule has 0 saturated carbocycles. The Kier molecular flexibility index (Phi) is 5.45. The van der Waals surface area contributed by atoms with E-state index < -0.39 is 0 Å². The minimum absolute atomic E-state index is 0.0656. The lowest BCUT2D eigenvalue weighted by Crippen LogP contribution is -2.55. The first-order valence-corrected chi connectivity index (χ1v) is 10.4. The number of halogens is 2. The molecule has 5 heteroatoms. The number of hydrogen-bond acceptors (Lipinski definition) is 2. The van der Waals surface area contributed by atoms with E-state index in [0.717, 1.165) is 25.1 Å². The number of fused-ring (bicyclic) bond motifs is 1. The maximum atomic E-state index is 13.4. The highest BCUT2D eigenvalue weighted by Gasteiger charge is 2.38. The number of rotatable bonds is 3. The van der Waals surface area contributed by atoms with Crippen molar-refractivity contribution in [1.29, 1.82) is 0 Å². The van der Waals surface area contributed by atoms with Gasteiger partial charge in [-0.15, -0.1) is 0 Å². The Morgan fingerprint density at radius 1 is 1.07 bits per heavy atom. The number of nitrogens with zero attached hydrogens (tertiary/aromatic N) is 2. The van der Waals surface area contributed by atoms with E-state index >= 15 is 0 Å². The van der Waals surface area contributed by atoms with Crippen molar-refractivity contribution in [3.8, 4) is 0 Å². The summed E-state index contributed by atoms with van der Waals surface area (Å²) >= 11 is 12.2. The third-order valence-electron chi connectivity index (χ3n) is 5.84. The van der Waals surface area contributed by atoms with E-state index in [1.54, 1.807) is 12.1 Å². The van der Waals surface area contributed by atoms with Crippen LogP contribution in [-0.4, -0.2) is 35.0 Å². The second-order valence-corrected chi connectivity index (χ2v) is 8.34. The number of likely N-dealkylation sites (tertiary alicyclic amines) is 1. The van der Waals surface area contributed by atoms with Crippen LogP contribution in [0.3, 0.4) is 0 Å². The molecule has 4 rings (SSSR count). The molecule has 3 nitrogen and oxygen atoms in total. The van der Waals surface area contributed by atoms with Gasteiger partial charge in [0.25, 0.3) is 0 Å². The lowest BCUT2D eigenvalue weighted by molar-refractivity contribution is -0.141. The molecule has 0 aromatic heterocycles. The summed E-state index contributed by atoms with van der Waals surface area (Å²) in [5, 5.41) is 1.01. The summed E-state index contributed by atoms with van der Waals surface area (Å²) in [7, 11) is 0. The number of carbonyl (C=O) groups is 1. The van der Waals surface area contributed by atoms with Crippen LogP contribution in [0.25, 0.3) is 0 Å². The van der Waals surface area contributed by atoms with E-state index in [9.17, 15) is 4.79 Å². The van der Waals surface area contributed by atoms with Crippen molar-refractivity contribution >= 4 is 29.1 Å². The van der Waals surface area contributed by atoms with E-state index in [1.165, 1.54) is 24.0 Å². The SMILES string of the molecule is CC1c2ccccc2CC(N2CCCC2)N1C(=O)Cc1ccc(Cl)c(Cl)c1. The van der Waals surface area contributed by atoms with E-state index in [0.29, 0.717) is 16.5 Å². The highest BCUT2D eigenvalue weighted by molar-refractivity contribution is 6.42. The molecule has 2 aliphatic rings. The normalized spacial score (nSPS) is 22.7. The summed E-state index contributed by atoms with van der Waals surface area (Å²) < 4.78 is 0. The second kappa shape index (κ2) is 7.83. The highest BCUT2D eigenvalue weighted by atomic mass is 35.5. The molecule has 0 spiro atoms. The van der Waals surface area contributed by atoms with Crippen molar-refractivity contribution in [3.05, 3.63) is 69.2 Å². The quantitative estimate of drug-likeness (QED) is 0.712. The molecule has 1 fully saturated rings. The van der Waals surface area contributed by atoms with Gasteiger partial charge in [0.1, 0.15) is 0 Å². The summed E-state index contributed by atoms with van der Waals surface area (Å²) in [6.45, 7) is 4.28. The van der Waals surface area contributed by atoms with Gasteiger partial charge in [0.05, 0.1) is 28.7 Å². The first-order chi connectivity index (χ1) is 13.0. The fraction of sp³-hybridized carbons (Fsp3) is 0.409. The van der Waals surface area contributed by atoms with Crippen LogP contribution in [0.1, 0.15) is 42.5 Å². The summed E-state index contributed by atoms with van der Waals surface area (Å²) in [6.07, 6.45) is 3.79. The van der Waals surface area contributed by atoms with Crippen molar-refractivity contribution in [3.63, 3.8) is 0 Å². The summed E-state index contributed by atoms with van der Waals surface area (Å²) in [5.74, 6) is 0.146. The largest absolute Gasteiger partial charge is 0.320 e. The van der Waals surface area contributed by atoms with Gasteiger partial charge in [-0.25, -0.2) is 0 Å². The molecular formula is C22H24Cl2N2O. The molecule has 2 aromatic carbocycles. The molecule has 2 aliphatic heterocycles. The number of carbonyl (C=O) groups excluding carboxylic acids is 1. The topological polar surface area (TPSA) is 23.6 Å². The van der Waals surface area contributed by atoms with Gasteiger partial charge in [0, 0.05) is 19.5 Å².